The van der Waals surface area contributed by atoms with E-state index in [0.29, 0.717) is 0 Å². The lowest BCUT2D eigenvalue weighted by atomic mass is 10.2. The Kier molecular flexibility index (Phi) is 7.29. The predicted octanol–water partition coefficient (Wildman–Crippen LogP) is 4.13. The number of benzene rings is 1. The molecule has 0 spiro atoms. The second-order valence-corrected chi connectivity index (χ2v) is 5.00. The summed E-state index contributed by atoms with van der Waals surface area (Å²) in [6, 6.07) is 6.20. The van der Waals surface area contributed by atoms with Gasteiger partial charge in [-0.2, -0.15) is 0 Å². The molecule has 0 aliphatic carbocycles. The predicted molar refractivity (Wildman–Crippen MR) is 76.5 cm³/mol. The largest absolute Gasteiger partial charge is 0.493 e. The topological polar surface area (TPSA) is 21.3 Å². The van der Waals surface area contributed by atoms with Crippen LogP contribution in [-0.4, -0.2) is 13.2 Å². The lowest BCUT2D eigenvalue weighted by Crippen LogP contribution is -2.13. The molecule has 1 aromatic carbocycles. The van der Waals surface area contributed by atoms with Crippen molar-refractivity contribution in [1.29, 1.82) is 0 Å². The van der Waals surface area contributed by atoms with E-state index in [4.69, 9.17) is 4.74 Å². The summed E-state index contributed by atoms with van der Waals surface area (Å²) in [5.41, 5.74) is 1.22. The van der Waals surface area contributed by atoms with E-state index in [0.717, 1.165) is 36.3 Å². The highest BCUT2D eigenvalue weighted by atomic mass is 79.9. The summed E-state index contributed by atoms with van der Waals surface area (Å²) in [5.74, 6) is 1.00. The molecule has 0 saturated carbocycles. The van der Waals surface area contributed by atoms with Crippen LogP contribution in [0.2, 0.25) is 0 Å². The zero-order chi connectivity index (χ0) is 12.5. The number of nitrogens with one attached hydrogen (secondary N) is 1. The first kappa shape index (κ1) is 14.5. The van der Waals surface area contributed by atoms with Crippen molar-refractivity contribution in [2.45, 2.75) is 39.7 Å². The van der Waals surface area contributed by atoms with E-state index < -0.39 is 0 Å². The van der Waals surface area contributed by atoms with Crippen LogP contribution >= 0.6 is 15.9 Å². The number of unbranched alkanes of at least 4 members (excludes halogenated alkanes) is 2. The number of hydrogen-bond acceptors (Lipinski definition) is 2. The van der Waals surface area contributed by atoms with E-state index >= 15 is 0 Å². The highest BCUT2D eigenvalue weighted by Gasteiger charge is 2.04. The minimum Gasteiger partial charge on any atom is -0.493 e. The van der Waals surface area contributed by atoms with Crippen molar-refractivity contribution in [3.8, 4) is 5.75 Å². The Balaban J connectivity index is 2.55. The summed E-state index contributed by atoms with van der Waals surface area (Å²) in [7, 11) is 0. The molecule has 0 unspecified atom stereocenters. The van der Waals surface area contributed by atoms with Gasteiger partial charge in [0, 0.05) is 16.6 Å². The molecule has 1 N–H and O–H groups in total. The zero-order valence-electron chi connectivity index (χ0n) is 10.8. The molecule has 0 atom stereocenters. The van der Waals surface area contributed by atoms with Crippen molar-refractivity contribution >= 4 is 15.9 Å². The Morgan fingerprint density at radius 2 is 2.06 bits per heavy atom. The SMILES string of the molecule is CCCCCOc1ccc(Br)cc1CNCC. The van der Waals surface area contributed by atoms with Crippen molar-refractivity contribution in [2.24, 2.45) is 0 Å². The van der Waals surface area contributed by atoms with Gasteiger partial charge in [0.2, 0.25) is 0 Å². The van der Waals surface area contributed by atoms with Crippen molar-refractivity contribution < 1.29 is 4.74 Å². The molecule has 0 radical (unpaired) electrons. The van der Waals surface area contributed by atoms with E-state index in [1.807, 2.05) is 12.1 Å². The van der Waals surface area contributed by atoms with Gasteiger partial charge in [0.15, 0.2) is 0 Å². The molecule has 0 bridgehead atoms. The van der Waals surface area contributed by atoms with E-state index in [1.54, 1.807) is 0 Å². The molecule has 96 valence electrons. The third-order valence-electron chi connectivity index (χ3n) is 2.59. The third kappa shape index (κ3) is 5.55. The Bertz CT molecular complexity index is 328. The van der Waals surface area contributed by atoms with Crippen LogP contribution in [0.1, 0.15) is 38.7 Å². The Labute approximate surface area is 113 Å². The number of halogens is 1. The van der Waals surface area contributed by atoms with Gasteiger partial charge in [-0.1, -0.05) is 42.6 Å². The molecule has 1 aromatic rings. The third-order valence-corrected chi connectivity index (χ3v) is 3.09. The van der Waals surface area contributed by atoms with Crippen LogP contribution in [0.15, 0.2) is 22.7 Å². The average Bonchev–Trinajstić information content (AvgIpc) is 2.34. The number of hydrogen-bond donors (Lipinski definition) is 1. The molecule has 0 aromatic heterocycles. The highest BCUT2D eigenvalue weighted by molar-refractivity contribution is 9.10. The normalized spacial score (nSPS) is 10.5. The molecule has 0 fully saturated rings. The first-order chi connectivity index (χ1) is 8.27. The monoisotopic (exact) mass is 299 g/mol. The molecule has 1 rings (SSSR count). The van der Waals surface area contributed by atoms with E-state index in [-0.39, 0.29) is 0 Å². The molecular formula is C14H22BrNO. The number of rotatable bonds is 8. The van der Waals surface area contributed by atoms with Crippen molar-refractivity contribution in [3.63, 3.8) is 0 Å². The van der Waals surface area contributed by atoms with Crippen LogP contribution in [0.25, 0.3) is 0 Å². The smallest absolute Gasteiger partial charge is 0.123 e. The molecule has 2 nitrogen and oxygen atoms in total. The van der Waals surface area contributed by atoms with Crippen LogP contribution in [0.5, 0.6) is 5.75 Å². The lowest BCUT2D eigenvalue weighted by molar-refractivity contribution is 0.302. The quantitative estimate of drug-likeness (QED) is 0.729. The average molecular weight is 300 g/mol. The van der Waals surface area contributed by atoms with Crippen LogP contribution in [0, 0.1) is 0 Å². The van der Waals surface area contributed by atoms with Crippen LogP contribution < -0.4 is 10.1 Å². The summed E-state index contributed by atoms with van der Waals surface area (Å²) in [6.07, 6.45) is 3.60. The summed E-state index contributed by atoms with van der Waals surface area (Å²) in [4.78, 5) is 0. The van der Waals surface area contributed by atoms with Crippen LogP contribution in [0.3, 0.4) is 0 Å². The molecule has 0 aliphatic rings. The number of ether oxygens (including phenoxy) is 1. The van der Waals surface area contributed by atoms with Gasteiger partial charge in [-0.05, 0) is 31.2 Å². The fourth-order valence-electron chi connectivity index (χ4n) is 1.62. The van der Waals surface area contributed by atoms with E-state index in [2.05, 4.69) is 41.2 Å². The molecule has 0 saturated heterocycles. The van der Waals surface area contributed by atoms with Gasteiger partial charge in [-0.3, -0.25) is 0 Å². The maximum atomic E-state index is 5.83. The molecule has 0 amide bonds. The summed E-state index contributed by atoms with van der Waals surface area (Å²) < 4.78 is 6.93. The molecule has 3 heteroatoms. The first-order valence-electron chi connectivity index (χ1n) is 6.39. The summed E-state index contributed by atoms with van der Waals surface area (Å²) >= 11 is 3.50. The van der Waals surface area contributed by atoms with E-state index in [9.17, 15) is 0 Å². The Morgan fingerprint density at radius 3 is 2.76 bits per heavy atom. The molecular weight excluding hydrogens is 278 g/mol. The van der Waals surface area contributed by atoms with Gasteiger partial charge < -0.3 is 10.1 Å². The van der Waals surface area contributed by atoms with Gasteiger partial charge in [0.1, 0.15) is 5.75 Å². The van der Waals surface area contributed by atoms with Gasteiger partial charge in [0.05, 0.1) is 6.61 Å². The lowest BCUT2D eigenvalue weighted by Gasteiger charge is -2.12. The van der Waals surface area contributed by atoms with Gasteiger partial charge in [-0.25, -0.2) is 0 Å². The van der Waals surface area contributed by atoms with Gasteiger partial charge in [0.25, 0.3) is 0 Å². The van der Waals surface area contributed by atoms with E-state index in [1.165, 1.54) is 18.4 Å². The van der Waals surface area contributed by atoms with Gasteiger partial charge in [-0.15, -0.1) is 0 Å². The van der Waals surface area contributed by atoms with Crippen LogP contribution in [0.4, 0.5) is 0 Å². The first-order valence-corrected chi connectivity index (χ1v) is 7.19. The Hall–Kier alpha value is -0.540. The molecule has 0 heterocycles. The van der Waals surface area contributed by atoms with Crippen molar-refractivity contribution in [1.82, 2.24) is 5.32 Å². The minimum absolute atomic E-state index is 0.814. The highest BCUT2D eigenvalue weighted by Crippen LogP contribution is 2.23. The van der Waals surface area contributed by atoms with Crippen molar-refractivity contribution in [2.75, 3.05) is 13.2 Å². The van der Waals surface area contributed by atoms with Crippen LogP contribution in [-0.2, 0) is 6.54 Å². The second kappa shape index (κ2) is 8.54. The second-order valence-electron chi connectivity index (χ2n) is 4.09. The maximum absolute atomic E-state index is 5.83. The molecule has 17 heavy (non-hydrogen) atoms. The molecule has 0 aliphatic heterocycles. The summed E-state index contributed by atoms with van der Waals surface area (Å²) in [5, 5.41) is 3.33. The fraction of sp³-hybridized carbons (Fsp3) is 0.571. The summed E-state index contributed by atoms with van der Waals surface area (Å²) in [6.45, 7) is 6.96. The Morgan fingerprint density at radius 1 is 1.24 bits per heavy atom. The standard InChI is InChI=1S/C14H22BrNO/c1-3-5-6-9-17-14-8-7-13(15)10-12(14)11-16-4-2/h7-8,10,16H,3-6,9,11H2,1-2H3. The zero-order valence-corrected chi connectivity index (χ0v) is 12.3. The maximum Gasteiger partial charge on any atom is 0.123 e. The minimum atomic E-state index is 0.814. The van der Waals surface area contributed by atoms with Gasteiger partial charge >= 0.3 is 0 Å². The fourth-order valence-corrected chi connectivity index (χ4v) is 2.03. The van der Waals surface area contributed by atoms with Crippen molar-refractivity contribution in [3.05, 3.63) is 28.2 Å².